The highest BCUT2D eigenvalue weighted by molar-refractivity contribution is 5.24. The van der Waals surface area contributed by atoms with Crippen LogP contribution in [0.25, 0.3) is 0 Å². The second-order valence-corrected chi connectivity index (χ2v) is 6.37. The highest BCUT2D eigenvalue weighted by Gasteiger charge is 2.44. The van der Waals surface area contributed by atoms with Crippen LogP contribution in [-0.2, 0) is 6.54 Å². The normalized spacial score (nSPS) is 26.7. The first-order valence-corrected chi connectivity index (χ1v) is 8.15. The van der Waals surface area contributed by atoms with E-state index in [2.05, 4.69) is 0 Å². The molecule has 5 heteroatoms. The van der Waals surface area contributed by atoms with Crippen LogP contribution in [0.15, 0.2) is 54.6 Å². The number of halogens is 1. The second-order valence-electron chi connectivity index (χ2n) is 6.37. The van der Waals surface area contributed by atoms with E-state index in [4.69, 9.17) is 10.5 Å². The molecular weight excluding hydrogens is 307 g/mol. The highest BCUT2D eigenvalue weighted by Crippen LogP contribution is 2.29. The number of nitrogens with zero attached hydrogens (tertiary/aromatic N) is 1. The minimum absolute atomic E-state index is 0.153. The van der Waals surface area contributed by atoms with E-state index in [1.807, 2.05) is 42.3 Å². The number of likely N-dealkylation sites (N-methyl/N-ethyl adjacent to an activating group) is 1. The van der Waals surface area contributed by atoms with Crippen LogP contribution < -0.4 is 10.5 Å². The van der Waals surface area contributed by atoms with Gasteiger partial charge in [0.05, 0.1) is 6.04 Å². The Bertz CT molecular complexity index is 667. The molecule has 1 saturated carbocycles. The van der Waals surface area contributed by atoms with Crippen LogP contribution in [0.1, 0.15) is 12.0 Å². The van der Waals surface area contributed by atoms with Crippen LogP contribution in [0.2, 0.25) is 0 Å². The van der Waals surface area contributed by atoms with E-state index in [1.54, 1.807) is 18.2 Å². The molecule has 4 atom stereocenters. The van der Waals surface area contributed by atoms with E-state index in [0.29, 0.717) is 13.0 Å². The molecule has 0 heterocycles. The van der Waals surface area contributed by atoms with Gasteiger partial charge in [-0.15, -0.1) is 0 Å². The van der Waals surface area contributed by atoms with Gasteiger partial charge >= 0.3 is 0 Å². The molecule has 1 fully saturated rings. The number of hydrogen-bond donors (Lipinski definition) is 2. The predicted octanol–water partition coefficient (Wildman–Crippen LogP) is 2.17. The fourth-order valence-electron chi connectivity index (χ4n) is 3.41. The molecule has 128 valence electrons. The van der Waals surface area contributed by atoms with E-state index in [9.17, 15) is 9.50 Å². The lowest BCUT2D eigenvalue weighted by Gasteiger charge is -2.30. The predicted molar refractivity (Wildman–Crippen MR) is 91.1 cm³/mol. The summed E-state index contributed by atoms with van der Waals surface area (Å²) < 4.78 is 19.4. The zero-order valence-corrected chi connectivity index (χ0v) is 13.7. The van der Waals surface area contributed by atoms with Crippen molar-refractivity contribution < 1.29 is 14.2 Å². The van der Waals surface area contributed by atoms with Crippen molar-refractivity contribution in [2.75, 3.05) is 7.05 Å². The van der Waals surface area contributed by atoms with Gasteiger partial charge in [0.2, 0.25) is 0 Å². The average molecular weight is 330 g/mol. The van der Waals surface area contributed by atoms with E-state index in [-0.39, 0.29) is 17.8 Å². The van der Waals surface area contributed by atoms with Crippen molar-refractivity contribution >= 4 is 0 Å². The number of nitrogens with two attached hydrogens (primary N) is 1. The summed E-state index contributed by atoms with van der Waals surface area (Å²) >= 11 is 0. The molecule has 2 aromatic carbocycles. The Morgan fingerprint density at radius 1 is 1.17 bits per heavy atom. The molecule has 0 radical (unpaired) electrons. The molecule has 0 bridgehead atoms. The Balaban J connectivity index is 1.68. The minimum atomic E-state index is -0.770. The van der Waals surface area contributed by atoms with Gasteiger partial charge < -0.3 is 15.6 Å². The topological polar surface area (TPSA) is 58.7 Å². The molecular formula is C19H23FN2O2. The van der Waals surface area contributed by atoms with Crippen molar-refractivity contribution in [2.24, 2.45) is 5.73 Å². The molecule has 4 nitrogen and oxygen atoms in total. The van der Waals surface area contributed by atoms with Crippen LogP contribution in [0.5, 0.6) is 5.75 Å². The number of aliphatic hydroxyl groups excluding tert-OH is 1. The molecule has 1 aliphatic rings. The lowest BCUT2D eigenvalue weighted by Crippen LogP contribution is -2.48. The summed E-state index contributed by atoms with van der Waals surface area (Å²) in [6.07, 6.45) is -0.798. The molecule has 0 amide bonds. The Kier molecular flexibility index (Phi) is 5.14. The fourth-order valence-corrected chi connectivity index (χ4v) is 3.41. The third kappa shape index (κ3) is 3.59. The maximum Gasteiger partial charge on any atom is 0.165 e. The van der Waals surface area contributed by atoms with E-state index in [1.165, 1.54) is 6.07 Å². The molecule has 0 saturated heterocycles. The molecule has 3 N–H and O–H groups in total. The van der Waals surface area contributed by atoms with Gasteiger partial charge in [0, 0.05) is 19.0 Å². The monoisotopic (exact) mass is 330 g/mol. The maximum atomic E-state index is 13.8. The zero-order valence-electron chi connectivity index (χ0n) is 13.7. The molecule has 1 aliphatic carbocycles. The van der Waals surface area contributed by atoms with Gasteiger partial charge in [-0.2, -0.15) is 0 Å². The Hall–Kier alpha value is -1.95. The number of ether oxygens (including phenoxy) is 1. The Labute approximate surface area is 141 Å². The Morgan fingerprint density at radius 2 is 1.83 bits per heavy atom. The third-order valence-corrected chi connectivity index (χ3v) is 4.57. The number of hydrogen-bond acceptors (Lipinski definition) is 4. The molecule has 24 heavy (non-hydrogen) atoms. The SMILES string of the molecule is CN(Cc1ccccc1)[C@@H]1[C@@H](O)[C@H](Oc2ccccc2F)C[C@H]1N. The maximum absolute atomic E-state index is 13.8. The first-order chi connectivity index (χ1) is 11.6. The lowest BCUT2D eigenvalue weighted by atomic mass is 10.1. The smallest absolute Gasteiger partial charge is 0.165 e. The summed E-state index contributed by atoms with van der Waals surface area (Å²) in [5.41, 5.74) is 7.38. The molecule has 0 aromatic heterocycles. The Morgan fingerprint density at radius 3 is 2.54 bits per heavy atom. The van der Waals surface area contributed by atoms with Gasteiger partial charge in [0.15, 0.2) is 11.6 Å². The van der Waals surface area contributed by atoms with Gasteiger partial charge in [-0.3, -0.25) is 4.90 Å². The summed E-state index contributed by atoms with van der Waals surface area (Å²) in [4.78, 5) is 2.04. The van der Waals surface area contributed by atoms with Gasteiger partial charge in [0.25, 0.3) is 0 Å². The van der Waals surface area contributed by atoms with E-state index < -0.39 is 18.0 Å². The van der Waals surface area contributed by atoms with E-state index >= 15 is 0 Å². The number of rotatable bonds is 5. The molecule has 2 aromatic rings. The molecule has 0 aliphatic heterocycles. The standard InChI is InChI=1S/C19H23FN2O2/c1-22(12-13-7-3-2-4-8-13)18-15(21)11-17(19(18)23)24-16-10-6-5-9-14(16)20/h2-10,15,17-19,23H,11-12,21H2,1H3/t15-,17-,18+,19+/m1/s1. The summed E-state index contributed by atoms with van der Waals surface area (Å²) in [5, 5.41) is 10.7. The lowest BCUT2D eigenvalue weighted by molar-refractivity contribution is 0.0124. The summed E-state index contributed by atoms with van der Waals surface area (Å²) in [6, 6.07) is 15.8. The number of para-hydroxylation sites is 1. The van der Waals surface area contributed by atoms with Crippen LogP contribution in [0, 0.1) is 5.82 Å². The van der Waals surface area contributed by atoms with Crippen LogP contribution in [0.3, 0.4) is 0 Å². The quantitative estimate of drug-likeness (QED) is 0.882. The molecule has 3 rings (SSSR count). The van der Waals surface area contributed by atoms with Crippen molar-refractivity contribution in [3.63, 3.8) is 0 Å². The first-order valence-electron chi connectivity index (χ1n) is 8.15. The van der Waals surface area contributed by atoms with Crippen molar-refractivity contribution in [2.45, 2.75) is 37.3 Å². The zero-order chi connectivity index (χ0) is 17.1. The number of benzene rings is 2. The van der Waals surface area contributed by atoms with Crippen LogP contribution in [-0.4, -0.2) is 41.3 Å². The highest BCUT2D eigenvalue weighted by atomic mass is 19.1. The van der Waals surface area contributed by atoms with Gasteiger partial charge in [-0.25, -0.2) is 4.39 Å². The average Bonchev–Trinajstić information content (AvgIpc) is 2.84. The fraction of sp³-hybridized carbons (Fsp3) is 0.368. The van der Waals surface area contributed by atoms with Gasteiger partial charge in [-0.05, 0) is 24.7 Å². The van der Waals surface area contributed by atoms with Crippen LogP contribution in [0.4, 0.5) is 4.39 Å². The van der Waals surface area contributed by atoms with Crippen molar-refractivity contribution in [1.82, 2.24) is 4.90 Å². The van der Waals surface area contributed by atoms with Crippen molar-refractivity contribution in [3.05, 3.63) is 66.0 Å². The van der Waals surface area contributed by atoms with Gasteiger partial charge in [-0.1, -0.05) is 42.5 Å². The van der Waals surface area contributed by atoms with Crippen molar-refractivity contribution in [1.29, 1.82) is 0 Å². The van der Waals surface area contributed by atoms with Crippen LogP contribution >= 0.6 is 0 Å². The van der Waals surface area contributed by atoms with Gasteiger partial charge in [0.1, 0.15) is 12.2 Å². The second kappa shape index (κ2) is 7.30. The summed E-state index contributed by atoms with van der Waals surface area (Å²) in [6.45, 7) is 0.683. The number of aliphatic hydroxyl groups is 1. The molecule has 0 unspecified atom stereocenters. The minimum Gasteiger partial charge on any atom is -0.485 e. The van der Waals surface area contributed by atoms with E-state index in [0.717, 1.165) is 5.56 Å². The molecule has 0 spiro atoms. The first kappa shape index (κ1) is 16.9. The third-order valence-electron chi connectivity index (χ3n) is 4.57. The summed E-state index contributed by atoms with van der Waals surface area (Å²) in [5.74, 6) is -0.278. The van der Waals surface area contributed by atoms with Crippen molar-refractivity contribution in [3.8, 4) is 5.75 Å². The largest absolute Gasteiger partial charge is 0.485 e. The summed E-state index contributed by atoms with van der Waals surface area (Å²) in [7, 11) is 1.94.